The van der Waals surface area contributed by atoms with Crippen LogP contribution in [0.3, 0.4) is 0 Å². The Labute approximate surface area is 206 Å². The number of ether oxygens (including phenoxy) is 1. The lowest BCUT2D eigenvalue weighted by atomic mass is 9.52. The Morgan fingerprint density at radius 1 is 1.14 bits per heavy atom. The van der Waals surface area contributed by atoms with Crippen molar-refractivity contribution in [2.45, 2.75) is 62.0 Å². The third kappa shape index (κ3) is 3.62. The Morgan fingerprint density at radius 3 is 2.69 bits per heavy atom. The summed E-state index contributed by atoms with van der Waals surface area (Å²) in [5.74, 6) is 1.40. The zero-order valence-electron chi connectivity index (χ0n) is 20.4. The van der Waals surface area contributed by atoms with Crippen LogP contribution in [0, 0.1) is 5.92 Å². The molecule has 2 aliphatic carbocycles. The van der Waals surface area contributed by atoms with Gasteiger partial charge in [-0.05, 0) is 74.8 Å². The first-order valence-corrected chi connectivity index (χ1v) is 13.0. The lowest BCUT2D eigenvalue weighted by Gasteiger charge is -2.61. The van der Waals surface area contributed by atoms with Gasteiger partial charge in [-0.3, -0.25) is 14.7 Å². The van der Waals surface area contributed by atoms with E-state index in [0.717, 1.165) is 48.7 Å². The summed E-state index contributed by atoms with van der Waals surface area (Å²) in [4.78, 5) is 22.1. The average molecular weight is 478 g/mol. The number of aromatic hydroxyl groups is 1. The Morgan fingerprint density at radius 2 is 1.94 bits per heavy atom. The Hall–Kier alpha value is -2.64. The molecule has 35 heavy (non-hydrogen) atoms. The molecule has 6 rings (SSSR count). The molecule has 3 atom stereocenters. The fourth-order valence-corrected chi connectivity index (χ4v) is 7.17. The molecule has 186 valence electrons. The molecule has 4 aliphatic rings. The molecule has 3 unspecified atom stereocenters. The van der Waals surface area contributed by atoms with Crippen LogP contribution < -0.4 is 4.74 Å². The van der Waals surface area contributed by atoms with E-state index in [2.05, 4.69) is 9.88 Å². The molecule has 1 saturated carbocycles. The number of piperidine rings is 1. The summed E-state index contributed by atoms with van der Waals surface area (Å²) in [6.07, 6.45) is 7.24. The summed E-state index contributed by atoms with van der Waals surface area (Å²) in [5.41, 5.74) is 1.33. The van der Waals surface area contributed by atoms with Gasteiger partial charge in [0, 0.05) is 48.5 Å². The van der Waals surface area contributed by atoms with Crippen LogP contribution in [0.25, 0.3) is 0 Å². The molecule has 7 heteroatoms. The SMILES string of the molecule is COc1c(O)ccc2c1C13CCN(C(=O)Cc4ccccn4)CCC1(O)C(C2)N(CC1CC1)CC3. The van der Waals surface area contributed by atoms with Crippen molar-refractivity contribution in [1.29, 1.82) is 0 Å². The first-order chi connectivity index (χ1) is 16.9. The Bertz CT molecular complexity index is 1120. The van der Waals surface area contributed by atoms with Crippen LogP contribution in [0.15, 0.2) is 36.5 Å². The number of phenolic OH excluding ortho intramolecular Hbond substituents is 1. The predicted octanol–water partition coefficient (Wildman–Crippen LogP) is 2.67. The molecule has 1 aromatic carbocycles. The van der Waals surface area contributed by atoms with Crippen molar-refractivity contribution in [3.63, 3.8) is 0 Å². The van der Waals surface area contributed by atoms with E-state index in [1.54, 1.807) is 19.4 Å². The zero-order chi connectivity index (χ0) is 24.2. The number of methoxy groups -OCH3 is 1. The van der Waals surface area contributed by atoms with E-state index >= 15 is 0 Å². The summed E-state index contributed by atoms with van der Waals surface area (Å²) in [6.45, 7) is 3.05. The number of amides is 1. The van der Waals surface area contributed by atoms with Crippen LogP contribution in [0.1, 0.15) is 48.9 Å². The van der Waals surface area contributed by atoms with Crippen molar-refractivity contribution in [3.8, 4) is 11.5 Å². The summed E-state index contributed by atoms with van der Waals surface area (Å²) >= 11 is 0. The van der Waals surface area contributed by atoms with E-state index < -0.39 is 11.0 Å². The second kappa shape index (κ2) is 8.49. The van der Waals surface area contributed by atoms with Crippen molar-refractivity contribution in [1.82, 2.24) is 14.8 Å². The number of aliphatic hydroxyl groups is 1. The second-order valence-electron chi connectivity index (χ2n) is 10.9. The first-order valence-electron chi connectivity index (χ1n) is 13.0. The highest BCUT2D eigenvalue weighted by Crippen LogP contribution is 2.59. The maximum atomic E-state index is 13.3. The van der Waals surface area contributed by atoms with Gasteiger partial charge >= 0.3 is 0 Å². The molecular formula is C28H35N3O4. The third-order valence-electron chi connectivity index (χ3n) is 9.14. The summed E-state index contributed by atoms with van der Waals surface area (Å²) < 4.78 is 5.76. The van der Waals surface area contributed by atoms with Gasteiger partial charge in [0.2, 0.25) is 5.91 Å². The van der Waals surface area contributed by atoms with E-state index in [-0.39, 0.29) is 24.1 Å². The van der Waals surface area contributed by atoms with Crippen molar-refractivity contribution in [2.24, 2.45) is 5.92 Å². The number of likely N-dealkylation sites (tertiary alicyclic amines) is 2. The molecule has 3 heterocycles. The van der Waals surface area contributed by atoms with Crippen molar-refractivity contribution >= 4 is 5.91 Å². The van der Waals surface area contributed by atoms with Gasteiger partial charge in [0.25, 0.3) is 0 Å². The normalized spacial score (nSPS) is 30.2. The maximum absolute atomic E-state index is 13.3. The Balaban J connectivity index is 1.38. The summed E-state index contributed by atoms with van der Waals surface area (Å²) in [6, 6.07) is 9.38. The van der Waals surface area contributed by atoms with Gasteiger partial charge in [0.05, 0.1) is 19.1 Å². The van der Waals surface area contributed by atoms with Crippen molar-refractivity contribution < 1.29 is 19.7 Å². The summed E-state index contributed by atoms with van der Waals surface area (Å²) in [7, 11) is 1.60. The number of rotatable bonds is 5. The van der Waals surface area contributed by atoms with Gasteiger partial charge in [-0.2, -0.15) is 0 Å². The van der Waals surface area contributed by atoms with E-state index in [1.165, 1.54) is 12.8 Å². The van der Waals surface area contributed by atoms with E-state index in [4.69, 9.17) is 4.74 Å². The van der Waals surface area contributed by atoms with Gasteiger partial charge < -0.3 is 19.8 Å². The largest absolute Gasteiger partial charge is 0.504 e. The standard InChI is InChI=1S/C28H35N3O4/c1-35-26-22(32)8-7-20-16-23-28(34)11-15-30(24(33)17-21-4-2-3-12-29-21)13-9-27(28,25(20)26)10-14-31(23)18-19-5-6-19/h2-4,7-8,12,19,23,32,34H,5-6,9-11,13-18H2,1H3. The fraction of sp³-hybridized carbons (Fsp3) is 0.571. The lowest BCUT2D eigenvalue weighted by molar-refractivity contribution is -0.150. The number of nitrogens with zero attached hydrogens (tertiary/aromatic N) is 3. The molecular weight excluding hydrogens is 442 g/mol. The van der Waals surface area contributed by atoms with Crippen LogP contribution in [-0.2, 0) is 23.1 Å². The number of benzene rings is 1. The molecule has 1 amide bonds. The molecule has 7 nitrogen and oxygen atoms in total. The van der Waals surface area contributed by atoms with Crippen LogP contribution in [-0.4, -0.2) is 75.8 Å². The first kappa shape index (κ1) is 22.8. The zero-order valence-corrected chi connectivity index (χ0v) is 20.4. The molecule has 2 saturated heterocycles. The number of pyridine rings is 1. The molecule has 1 aromatic heterocycles. The fourth-order valence-electron chi connectivity index (χ4n) is 7.17. The van der Waals surface area contributed by atoms with Gasteiger partial charge in [-0.25, -0.2) is 0 Å². The monoisotopic (exact) mass is 477 g/mol. The number of carbonyl (C=O) groups excluding carboxylic acids is 1. The molecule has 3 fully saturated rings. The van der Waals surface area contributed by atoms with Crippen LogP contribution >= 0.6 is 0 Å². The molecule has 2 N–H and O–H groups in total. The van der Waals surface area contributed by atoms with Crippen molar-refractivity contribution in [3.05, 3.63) is 53.3 Å². The minimum absolute atomic E-state index is 0.00411. The highest BCUT2D eigenvalue weighted by Gasteiger charge is 2.64. The topological polar surface area (TPSA) is 86.1 Å². The molecule has 2 aromatic rings. The highest BCUT2D eigenvalue weighted by atomic mass is 16.5. The third-order valence-corrected chi connectivity index (χ3v) is 9.14. The highest BCUT2D eigenvalue weighted by molar-refractivity contribution is 5.78. The Kier molecular flexibility index (Phi) is 5.53. The molecule has 2 aliphatic heterocycles. The van der Waals surface area contributed by atoms with Gasteiger partial charge in [0.15, 0.2) is 11.5 Å². The van der Waals surface area contributed by atoms with Crippen LogP contribution in [0.4, 0.5) is 0 Å². The molecule has 0 spiro atoms. The number of hydrogen-bond donors (Lipinski definition) is 2. The predicted molar refractivity (Wildman–Crippen MR) is 131 cm³/mol. The number of carbonyl (C=O) groups is 1. The van der Waals surface area contributed by atoms with E-state index in [9.17, 15) is 15.0 Å². The minimum Gasteiger partial charge on any atom is -0.504 e. The minimum atomic E-state index is -0.992. The van der Waals surface area contributed by atoms with Crippen LogP contribution in [0.5, 0.6) is 11.5 Å². The number of phenols is 1. The smallest absolute Gasteiger partial charge is 0.228 e. The van der Waals surface area contributed by atoms with E-state index in [1.807, 2.05) is 29.2 Å². The number of fused-ring (bicyclic) bond motifs is 1. The number of aromatic nitrogens is 1. The van der Waals surface area contributed by atoms with Crippen molar-refractivity contribution in [2.75, 3.05) is 33.3 Å². The van der Waals surface area contributed by atoms with Gasteiger partial charge in [-0.1, -0.05) is 12.1 Å². The average Bonchev–Trinajstić information content (AvgIpc) is 3.68. The summed E-state index contributed by atoms with van der Waals surface area (Å²) in [5, 5.41) is 23.4. The van der Waals surface area contributed by atoms with Gasteiger partial charge in [-0.15, -0.1) is 0 Å². The second-order valence-corrected chi connectivity index (χ2v) is 10.9. The van der Waals surface area contributed by atoms with Crippen LogP contribution in [0.2, 0.25) is 0 Å². The maximum Gasteiger partial charge on any atom is 0.228 e. The lowest BCUT2D eigenvalue weighted by Crippen LogP contribution is -2.71. The number of hydrogen-bond acceptors (Lipinski definition) is 6. The van der Waals surface area contributed by atoms with E-state index in [0.29, 0.717) is 31.7 Å². The molecule has 0 radical (unpaired) electrons. The molecule has 2 bridgehead atoms. The van der Waals surface area contributed by atoms with Gasteiger partial charge in [0.1, 0.15) is 0 Å². The quantitative estimate of drug-likeness (QED) is 0.689.